The summed E-state index contributed by atoms with van der Waals surface area (Å²) in [4.78, 5) is 16.1. The quantitative estimate of drug-likeness (QED) is 0.684. The van der Waals surface area contributed by atoms with Crippen molar-refractivity contribution in [2.75, 3.05) is 7.11 Å². The fourth-order valence-electron chi connectivity index (χ4n) is 2.57. The van der Waals surface area contributed by atoms with Crippen molar-refractivity contribution >= 4 is 29.2 Å². The van der Waals surface area contributed by atoms with Gasteiger partial charge in [0.25, 0.3) is 0 Å². The van der Waals surface area contributed by atoms with Crippen molar-refractivity contribution in [2.24, 2.45) is 0 Å². The second-order valence-electron chi connectivity index (χ2n) is 5.15. The van der Waals surface area contributed by atoms with E-state index in [9.17, 15) is 4.79 Å². The number of aryl methyl sites for hydroxylation is 1. The van der Waals surface area contributed by atoms with Gasteiger partial charge < -0.3 is 9.30 Å². The number of carbonyl (C=O) groups is 1. The van der Waals surface area contributed by atoms with Crippen molar-refractivity contribution < 1.29 is 9.53 Å². The Labute approximate surface area is 135 Å². The number of benzene rings is 2. The van der Waals surface area contributed by atoms with Crippen LogP contribution in [-0.4, -0.2) is 22.6 Å². The van der Waals surface area contributed by atoms with Gasteiger partial charge in [-0.1, -0.05) is 30.3 Å². The van der Waals surface area contributed by atoms with Crippen molar-refractivity contribution in [3.05, 3.63) is 65.5 Å². The second-order valence-corrected chi connectivity index (χ2v) is 5.15. The molecule has 0 atom stereocenters. The zero-order valence-electron chi connectivity index (χ0n) is 13.2. The molecule has 1 aromatic heterocycles. The smallest absolute Gasteiger partial charge is 0.337 e. The highest BCUT2D eigenvalue weighted by atomic mass is 16.5. The van der Waals surface area contributed by atoms with Crippen LogP contribution in [0.15, 0.2) is 48.5 Å². The average Bonchev–Trinajstić information content (AvgIpc) is 2.97. The second kappa shape index (κ2) is 6.48. The van der Waals surface area contributed by atoms with Gasteiger partial charge in [-0.05, 0) is 42.8 Å². The molecule has 3 rings (SSSR count). The number of ether oxygens (including phenoxy) is 1. The van der Waals surface area contributed by atoms with E-state index in [0.717, 1.165) is 29.0 Å². The van der Waals surface area contributed by atoms with Gasteiger partial charge in [0.1, 0.15) is 5.82 Å². The van der Waals surface area contributed by atoms with Crippen molar-refractivity contribution in [3.63, 3.8) is 0 Å². The maximum absolute atomic E-state index is 11.4. The minimum atomic E-state index is -0.326. The fraction of sp³-hybridized carbons (Fsp3) is 0.158. The van der Waals surface area contributed by atoms with Crippen LogP contribution in [0.4, 0.5) is 0 Å². The van der Waals surface area contributed by atoms with Gasteiger partial charge in [-0.25, -0.2) is 9.78 Å². The zero-order chi connectivity index (χ0) is 16.2. The number of hydrogen-bond donors (Lipinski definition) is 0. The first-order valence-electron chi connectivity index (χ1n) is 7.54. The summed E-state index contributed by atoms with van der Waals surface area (Å²) in [6.07, 6.45) is 3.99. The van der Waals surface area contributed by atoms with Crippen LogP contribution >= 0.6 is 0 Å². The first kappa shape index (κ1) is 15.0. The SMILES string of the molecule is CCn1c(/C=C/c2ccc(C(=O)OC)cc2)nc2ccccc21. The van der Waals surface area contributed by atoms with Gasteiger partial charge in [0.2, 0.25) is 0 Å². The Kier molecular flexibility index (Phi) is 4.24. The molecule has 0 aliphatic carbocycles. The van der Waals surface area contributed by atoms with E-state index >= 15 is 0 Å². The molecule has 0 aliphatic heterocycles. The molecular formula is C19H18N2O2. The summed E-state index contributed by atoms with van der Waals surface area (Å²) in [5, 5.41) is 0. The fourth-order valence-corrected chi connectivity index (χ4v) is 2.57. The highest BCUT2D eigenvalue weighted by molar-refractivity contribution is 5.89. The zero-order valence-corrected chi connectivity index (χ0v) is 13.2. The summed E-state index contributed by atoms with van der Waals surface area (Å²) in [5.74, 6) is 0.596. The van der Waals surface area contributed by atoms with Crippen LogP contribution in [-0.2, 0) is 11.3 Å². The number of nitrogens with zero attached hydrogens (tertiary/aromatic N) is 2. The van der Waals surface area contributed by atoms with Crippen molar-refractivity contribution in [2.45, 2.75) is 13.5 Å². The van der Waals surface area contributed by atoms with E-state index in [1.165, 1.54) is 7.11 Å². The largest absolute Gasteiger partial charge is 0.465 e. The number of fused-ring (bicyclic) bond motifs is 1. The monoisotopic (exact) mass is 306 g/mol. The molecule has 0 fully saturated rings. The highest BCUT2D eigenvalue weighted by Gasteiger charge is 2.06. The number of hydrogen-bond acceptors (Lipinski definition) is 3. The number of imidazole rings is 1. The molecule has 0 saturated carbocycles. The normalized spacial score (nSPS) is 11.2. The Morgan fingerprint density at radius 2 is 1.87 bits per heavy atom. The molecule has 2 aromatic carbocycles. The van der Waals surface area contributed by atoms with Crippen LogP contribution in [0.2, 0.25) is 0 Å². The summed E-state index contributed by atoms with van der Waals surface area (Å²) < 4.78 is 6.87. The standard InChI is InChI=1S/C19H18N2O2/c1-3-21-17-7-5-4-6-16(17)20-18(21)13-10-14-8-11-15(12-9-14)19(22)23-2/h4-13H,3H2,1-2H3/b13-10+. The minimum Gasteiger partial charge on any atom is -0.465 e. The number of methoxy groups -OCH3 is 1. The van der Waals surface area contributed by atoms with Gasteiger partial charge in [0, 0.05) is 6.54 Å². The van der Waals surface area contributed by atoms with Gasteiger partial charge in [0.15, 0.2) is 0 Å². The van der Waals surface area contributed by atoms with E-state index < -0.39 is 0 Å². The number of carbonyl (C=O) groups excluding carboxylic acids is 1. The van der Waals surface area contributed by atoms with Crippen LogP contribution in [0, 0.1) is 0 Å². The molecule has 0 radical (unpaired) electrons. The first-order valence-corrected chi connectivity index (χ1v) is 7.54. The lowest BCUT2D eigenvalue weighted by Gasteiger charge is -2.02. The number of rotatable bonds is 4. The first-order chi connectivity index (χ1) is 11.2. The van der Waals surface area contributed by atoms with Crippen LogP contribution in [0.5, 0.6) is 0 Å². The number of para-hydroxylation sites is 2. The van der Waals surface area contributed by atoms with Crippen LogP contribution in [0.25, 0.3) is 23.2 Å². The van der Waals surface area contributed by atoms with E-state index in [4.69, 9.17) is 4.74 Å². The summed E-state index contributed by atoms with van der Waals surface area (Å²) in [5.41, 5.74) is 3.68. The third-order valence-electron chi connectivity index (χ3n) is 3.76. The molecule has 0 amide bonds. The molecule has 23 heavy (non-hydrogen) atoms. The van der Waals surface area contributed by atoms with E-state index in [-0.39, 0.29) is 5.97 Å². The third kappa shape index (κ3) is 3.01. The Hall–Kier alpha value is -2.88. The number of aromatic nitrogens is 2. The molecule has 0 bridgehead atoms. The lowest BCUT2D eigenvalue weighted by atomic mass is 10.1. The van der Waals surface area contributed by atoms with Gasteiger partial charge in [-0.3, -0.25) is 0 Å². The van der Waals surface area contributed by atoms with Gasteiger partial charge >= 0.3 is 5.97 Å². The predicted octanol–water partition coefficient (Wildman–Crippen LogP) is 4.01. The van der Waals surface area contributed by atoms with Crippen molar-refractivity contribution in [1.29, 1.82) is 0 Å². The molecule has 4 heteroatoms. The van der Waals surface area contributed by atoms with E-state index in [1.807, 2.05) is 42.5 Å². The molecule has 0 N–H and O–H groups in total. The van der Waals surface area contributed by atoms with E-state index in [0.29, 0.717) is 5.56 Å². The van der Waals surface area contributed by atoms with Crippen LogP contribution in [0.1, 0.15) is 28.7 Å². The van der Waals surface area contributed by atoms with Gasteiger partial charge in [-0.15, -0.1) is 0 Å². The maximum atomic E-state index is 11.4. The molecule has 4 nitrogen and oxygen atoms in total. The molecular weight excluding hydrogens is 288 g/mol. The highest BCUT2D eigenvalue weighted by Crippen LogP contribution is 2.18. The van der Waals surface area contributed by atoms with E-state index in [1.54, 1.807) is 12.1 Å². The summed E-state index contributed by atoms with van der Waals surface area (Å²) in [6, 6.07) is 15.4. The maximum Gasteiger partial charge on any atom is 0.337 e. The predicted molar refractivity (Wildman–Crippen MR) is 92.1 cm³/mol. The van der Waals surface area contributed by atoms with Crippen molar-refractivity contribution in [1.82, 2.24) is 9.55 Å². The molecule has 1 heterocycles. The third-order valence-corrected chi connectivity index (χ3v) is 3.76. The topological polar surface area (TPSA) is 44.1 Å². The summed E-state index contributed by atoms with van der Waals surface area (Å²) in [6.45, 7) is 2.97. The van der Waals surface area contributed by atoms with E-state index in [2.05, 4.69) is 22.5 Å². The molecule has 0 saturated heterocycles. The Morgan fingerprint density at radius 1 is 1.13 bits per heavy atom. The lowest BCUT2D eigenvalue weighted by molar-refractivity contribution is 0.0600. The minimum absolute atomic E-state index is 0.326. The number of esters is 1. The summed E-state index contributed by atoms with van der Waals surface area (Å²) >= 11 is 0. The van der Waals surface area contributed by atoms with Gasteiger partial charge in [0.05, 0.1) is 23.7 Å². The molecule has 0 spiro atoms. The average molecular weight is 306 g/mol. The molecule has 0 aliphatic rings. The van der Waals surface area contributed by atoms with Gasteiger partial charge in [-0.2, -0.15) is 0 Å². The molecule has 0 unspecified atom stereocenters. The molecule has 3 aromatic rings. The Morgan fingerprint density at radius 3 is 2.57 bits per heavy atom. The Bertz CT molecular complexity index is 861. The Balaban J connectivity index is 1.89. The van der Waals surface area contributed by atoms with Crippen molar-refractivity contribution in [3.8, 4) is 0 Å². The summed E-state index contributed by atoms with van der Waals surface area (Å²) in [7, 11) is 1.38. The van der Waals surface area contributed by atoms with Crippen LogP contribution < -0.4 is 0 Å². The lowest BCUT2D eigenvalue weighted by Crippen LogP contribution is -2.00. The molecule has 116 valence electrons. The van der Waals surface area contributed by atoms with Crippen LogP contribution in [0.3, 0.4) is 0 Å².